The molecule has 0 aromatic heterocycles. The van der Waals surface area contributed by atoms with Crippen LogP contribution in [0, 0.1) is 0 Å². The maximum absolute atomic E-state index is 11.9. The van der Waals surface area contributed by atoms with Crippen LogP contribution < -0.4 is 10.6 Å². The highest BCUT2D eigenvalue weighted by molar-refractivity contribution is 14.0. The lowest BCUT2D eigenvalue weighted by Gasteiger charge is -2.19. The van der Waals surface area contributed by atoms with Crippen molar-refractivity contribution in [2.75, 3.05) is 39.1 Å². The Morgan fingerprint density at radius 2 is 1.75 bits per heavy atom. The number of halogens is 1. The molecule has 0 radical (unpaired) electrons. The average molecular weight is 421 g/mol. The lowest BCUT2D eigenvalue weighted by molar-refractivity contribution is 0.152. The molecule has 0 spiro atoms. The zero-order valence-electron chi connectivity index (χ0n) is 13.0. The molecular weight excluding hydrogens is 393 g/mol. The van der Waals surface area contributed by atoms with Gasteiger partial charge in [0.2, 0.25) is 0 Å². The number of hydrogen-bond acceptors (Lipinski definition) is 4. The first-order valence-electron chi connectivity index (χ1n) is 6.49. The number of aliphatic imine (C=N–C) groups is 1. The van der Waals surface area contributed by atoms with E-state index in [1.165, 1.54) is 0 Å². The van der Waals surface area contributed by atoms with Gasteiger partial charge < -0.3 is 15.4 Å². The van der Waals surface area contributed by atoms with Gasteiger partial charge in [0.05, 0.1) is 17.1 Å². The van der Waals surface area contributed by atoms with Gasteiger partial charge in [-0.2, -0.15) is 0 Å². The summed E-state index contributed by atoms with van der Waals surface area (Å²) < 4.78 is 28.3. The predicted octanol–water partition coefficient (Wildman–Crippen LogP) is 1.02. The smallest absolute Gasteiger partial charge is 0.191 e. The Hall–Kier alpha value is -0.0900. The summed E-state index contributed by atoms with van der Waals surface area (Å²) in [7, 11) is -1.45. The van der Waals surface area contributed by atoms with Gasteiger partial charge in [0.25, 0.3) is 0 Å². The van der Waals surface area contributed by atoms with Gasteiger partial charge in [-0.1, -0.05) is 0 Å². The van der Waals surface area contributed by atoms with Crippen molar-refractivity contribution in [3.8, 4) is 0 Å². The molecule has 0 aromatic rings. The predicted molar refractivity (Wildman–Crippen MR) is 94.8 cm³/mol. The molecule has 2 N–H and O–H groups in total. The van der Waals surface area contributed by atoms with E-state index in [1.54, 1.807) is 27.8 Å². The van der Waals surface area contributed by atoms with E-state index in [2.05, 4.69) is 15.6 Å². The second-order valence-electron chi connectivity index (χ2n) is 5.05. The van der Waals surface area contributed by atoms with E-state index >= 15 is 0 Å². The van der Waals surface area contributed by atoms with Gasteiger partial charge in [-0.3, -0.25) is 4.99 Å². The second-order valence-corrected chi connectivity index (χ2v) is 7.92. The molecule has 0 aliphatic heterocycles. The quantitative estimate of drug-likeness (QED) is 0.278. The van der Waals surface area contributed by atoms with Crippen molar-refractivity contribution >= 4 is 39.8 Å². The van der Waals surface area contributed by atoms with Crippen LogP contribution in [-0.4, -0.2) is 58.2 Å². The van der Waals surface area contributed by atoms with Crippen LogP contribution in [0.15, 0.2) is 4.99 Å². The minimum absolute atomic E-state index is 0. The minimum Gasteiger partial charge on any atom is -0.380 e. The van der Waals surface area contributed by atoms with E-state index in [0.29, 0.717) is 32.3 Å². The molecule has 6 nitrogen and oxygen atoms in total. The number of hydrogen-bond donors (Lipinski definition) is 2. The third-order valence-corrected chi connectivity index (χ3v) is 5.17. The van der Waals surface area contributed by atoms with Crippen LogP contribution >= 0.6 is 24.0 Å². The fourth-order valence-electron chi connectivity index (χ4n) is 1.22. The zero-order valence-corrected chi connectivity index (χ0v) is 16.2. The van der Waals surface area contributed by atoms with E-state index < -0.39 is 14.6 Å². The first kappa shape index (κ1) is 22.2. The fourth-order valence-corrected chi connectivity index (χ4v) is 2.20. The van der Waals surface area contributed by atoms with E-state index in [9.17, 15) is 8.42 Å². The standard InChI is InChI=1S/C12H27N3O3S.HI/c1-6-18-9-7-14-11(13-5)15-8-10-19(16,17)12(2,3)4;/h6-10H2,1-5H3,(H2,13,14,15);1H. The molecule has 0 saturated carbocycles. The highest BCUT2D eigenvalue weighted by atomic mass is 127. The highest BCUT2D eigenvalue weighted by Gasteiger charge is 2.28. The molecule has 0 atom stereocenters. The Bertz CT molecular complexity index is 378. The molecule has 0 aromatic carbocycles. The number of rotatable bonds is 7. The first-order valence-corrected chi connectivity index (χ1v) is 8.14. The fraction of sp³-hybridized carbons (Fsp3) is 0.917. The highest BCUT2D eigenvalue weighted by Crippen LogP contribution is 2.14. The Kier molecular flexibility index (Phi) is 11.8. The van der Waals surface area contributed by atoms with Crippen LogP contribution in [0.5, 0.6) is 0 Å². The SMILES string of the molecule is CCOCCNC(=NC)NCCS(=O)(=O)C(C)(C)C.I. The van der Waals surface area contributed by atoms with Crippen molar-refractivity contribution in [1.82, 2.24) is 10.6 Å². The third kappa shape index (κ3) is 8.96. The summed E-state index contributed by atoms with van der Waals surface area (Å²) >= 11 is 0. The minimum atomic E-state index is -3.10. The molecule has 0 bridgehead atoms. The Balaban J connectivity index is 0. The van der Waals surface area contributed by atoms with Crippen LogP contribution in [0.1, 0.15) is 27.7 Å². The number of guanidine groups is 1. The van der Waals surface area contributed by atoms with Gasteiger partial charge in [0.15, 0.2) is 15.8 Å². The maximum atomic E-state index is 11.9. The summed E-state index contributed by atoms with van der Waals surface area (Å²) in [5, 5.41) is 6.03. The summed E-state index contributed by atoms with van der Waals surface area (Å²) in [6, 6.07) is 0. The van der Waals surface area contributed by atoms with E-state index in [4.69, 9.17) is 4.74 Å². The van der Waals surface area contributed by atoms with Crippen LogP contribution in [0.3, 0.4) is 0 Å². The lowest BCUT2D eigenvalue weighted by atomic mass is 10.3. The number of nitrogens with one attached hydrogen (secondary N) is 2. The van der Waals surface area contributed by atoms with Crippen LogP contribution in [0.2, 0.25) is 0 Å². The van der Waals surface area contributed by atoms with Crippen molar-refractivity contribution < 1.29 is 13.2 Å². The van der Waals surface area contributed by atoms with Crippen molar-refractivity contribution in [3.05, 3.63) is 0 Å². The molecule has 0 aliphatic rings. The first-order chi connectivity index (χ1) is 8.74. The molecule has 0 heterocycles. The van der Waals surface area contributed by atoms with Gasteiger partial charge >= 0.3 is 0 Å². The van der Waals surface area contributed by atoms with E-state index in [1.807, 2.05) is 6.92 Å². The number of ether oxygens (including phenoxy) is 1. The van der Waals surface area contributed by atoms with Crippen molar-refractivity contribution in [3.63, 3.8) is 0 Å². The van der Waals surface area contributed by atoms with Gasteiger partial charge in [-0.25, -0.2) is 8.42 Å². The molecule has 0 amide bonds. The van der Waals surface area contributed by atoms with Crippen molar-refractivity contribution in [1.29, 1.82) is 0 Å². The summed E-state index contributed by atoms with van der Waals surface area (Å²) in [5.41, 5.74) is 0. The molecule has 0 unspecified atom stereocenters. The Labute approximate surface area is 140 Å². The summed E-state index contributed by atoms with van der Waals surface area (Å²) in [6.07, 6.45) is 0. The average Bonchev–Trinajstić information content (AvgIpc) is 2.30. The van der Waals surface area contributed by atoms with Crippen LogP contribution in [-0.2, 0) is 14.6 Å². The van der Waals surface area contributed by atoms with Crippen LogP contribution in [0.4, 0.5) is 0 Å². The summed E-state index contributed by atoms with van der Waals surface area (Å²) in [6.45, 7) is 9.30. The molecule has 0 saturated heterocycles. The van der Waals surface area contributed by atoms with Crippen molar-refractivity contribution in [2.24, 2.45) is 4.99 Å². The molecule has 0 fully saturated rings. The van der Waals surface area contributed by atoms with Gasteiger partial charge in [-0.05, 0) is 27.7 Å². The largest absolute Gasteiger partial charge is 0.380 e. The van der Waals surface area contributed by atoms with Gasteiger partial charge in [-0.15, -0.1) is 24.0 Å². The van der Waals surface area contributed by atoms with E-state index in [0.717, 1.165) is 0 Å². The monoisotopic (exact) mass is 421 g/mol. The van der Waals surface area contributed by atoms with Crippen LogP contribution in [0.25, 0.3) is 0 Å². The molecular formula is C12H28IN3O3S. The van der Waals surface area contributed by atoms with Crippen molar-refractivity contribution in [2.45, 2.75) is 32.4 Å². The zero-order chi connectivity index (χ0) is 14.9. The maximum Gasteiger partial charge on any atom is 0.191 e. The molecule has 0 aliphatic carbocycles. The Morgan fingerprint density at radius 3 is 2.20 bits per heavy atom. The van der Waals surface area contributed by atoms with E-state index in [-0.39, 0.29) is 29.7 Å². The molecule has 8 heteroatoms. The lowest BCUT2D eigenvalue weighted by Crippen LogP contribution is -2.42. The molecule has 0 rings (SSSR count). The van der Waals surface area contributed by atoms with Gasteiger partial charge in [0, 0.05) is 26.7 Å². The third-order valence-electron chi connectivity index (χ3n) is 2.56. The molecule has 122 valence electrons. The molecule has 20 heavy (non-hydrogen) atoms. The normalized spacial score (nSPS) is 12.8. The summed E-state index contributed by atoms with van der Waals surface area (Å²) in [5.74, 6) is 0.673. The number of sulfone groups is 1. The number of nitrogens with zero attached hydrogens (tertiary/aromatic N) is 1. The Morgan fingerprint density at radius 1 is 1.20 bits per heavy atom. The topological polar surface area (TPSA) is 79.8 Å². The summed E-state index contributed by atoms with van der Waals surface area (Å²) in [4.78, 5) is 4.01. The van der Waals surface area contributed by atoms with Gasteiger partial charge in [0.1, 0.15) is 0 Å². The second kappa shape index (κ2) is 10.6.